The molecule has 0 unspecified atom stereocenters. The zero-order valence-electron chi connectivity index (χ0n) is 11.8. The number of piperazine rings is 1. The highest BCUT2D eigenvalue weighted by Crippen LogP contribution is 2.20. The third kappa shape index (κ3) is 2.90. The summed E-state index contributed by atoms with van der Waals surface area (Å²) in [5, 5.41) is 2.94. The van der Waals surface area contributed by atoms with E-state index in [1.807, 2.05) is 5.38 Å². The van der Waals surface area contributed by atoms with Crippen molar-refractivity contribution in [2.75, 3.05) is 31.1 Å². The lowest BCUT2D eigenvalue weighted by Crippen LogP contribution is -2.48. The molecule has 0 aliphatic carbocycles. The summed E-state index contributed by atoms with van der Waals surface area (Å²) in [6.45, 7) is 4.47. The Bertz CT molecular complexity index is 636. The van der Waals surface area contributed by atoms with Crippen LogP contribution in [0.2, 0.25) is 0 Å². The molecule has 3 rings (SSSR count). The Hall–Kier alpha value is -1.95. The fourth-order valence-electron chi connectivity index (χ4n) is 2.38. The van der Waals surface area contributed by atoms with Gasteiger partial charge in [-0.1, -0.05) is 6.07 Å². The molecule has 2 heterocycles. The van der Waals surface area contributed by atoms with Gasteiger partial charge in [0.1, 0.15) is 5.82 Å². The summed E-state index contributed by atoms with van der Waals surface area (Å²) in [5.74, 6) is -0.435. The van der Waals surface area contributed by atoms with E-state index in [9.17, 15) is 9.18 Å². The number of anilines is 1. The van der Waals surface area contributed by atoms with Crippen molar-refractivity contribution in [2.24, 2.45) is 0 Å². The Morgan fingerprint density at radius 3 is 2.67 bits per heavy atom. The minimum absolute atomic E-state index is 0.104. The first-order valence-electron chi connectivity index (χ1n) is 6.85. The molecule has 1 aromatic heterocycles. The van der Waals surface area contributed by atoms with Crippen LogP contribution in [0.5, 0.6) is 0 Å². The van der Waals surface area contributed by atoms with Crippen LogP contribution in [0.25, 0.3) is 0 Å². The molecule has 0 radical (unpaired) electrons. The summed E-state index contributed by atoms with van der Waals surface area (Å²) >= 11 is 1.60. The number of hydrogen-bond donors (Lipinski definition) is 0. The van der Waals surface area contributed by atoms with Gasteiger partial charge in [-0.05, 0) is 24.6 Å². The maximum atomic E-state index is 13.6. The molecule has 0 atom stereocenters. The summed E-state index contributed by atoms with van der Waals surface area (Å²) in [6.07, 6.45) is 1.78. The second-order valence-electron chi connectivity index (χ2n) is 5.06. The van der Waals surface area contributed by atoms with Crippen molar-refractivity contribution < 1.29 is 9.18 Å². The van der Waals surface area contributed by atoms with Crippen molar-refractivity contribution in [2.45, 2.75) is 6.92 Å². The van der Waals surface area contributed by atoms with Crippen molar-refractivity contribution in [3.8, 4) is 0 Å². The largest absolute Gasteiger partial charge is 0.345 e. The molecule has 1 fully saturated rings. The Balaban J connectivity index is 1.66. The third-order valence-electron chi connectivity index (χ3n) is 3.68. The van der Waals surface area contributed by atoms with Gasteiger partial charge in [0, 0.05) is 43.3 Å². The number of carbonyl (C=O) groups excluding carboxylic acids is 1. The molecule has 0 N–H and O–H groups in total. The van der Waals surface area contributed by atoms with Crippen LogP contribution >= 0.6 is 11.3 Å². The van der Waals surface area contributed by atoms with Crippen LogP contribution in [-0.2, 0) is 0 Å². The van der Waals surface area contributed by atoms with Crippen LogP contribution in [0.15, 0.2) is 29.8 Å². The molecule has 0 bridgehead atoms. The number of aromatic nitrogens is 1. The lowest BCUT2D eigenvalue weighted by molar-refractivity contribution is 0.0746. The summed E-state index contributed by atoms with van der Waals surface area (Å²) < 4.78 is 13.6. The van der Waals surface area contributed by atoms with Crippen LogP contribution in [0.4, 0.5) is 9.52 Å². The van der Waals surface area contributed by atoms with Crippen LogP contribution in [0.3, 0.4) is 0 Å². The molecule has 1 aliphatic rings. The Morgan fingerprint density at radius 2 is 2.05 bits per heavy atom. The van der Waals surface area contributed by atoms with Crippen LogP contribution in [-0.4, -0.2) is 42.0 Å². The topological polar surface area (TPSA) is 36.4 Å². The van der Waals surface area contributed by atoms with E-state index in [0.29, 0.717) is 24.2 Å². The molecule has 1 amide bonds. The predicted molar refractivity (Wildman–Crippen MR) is 81.4 cm³/mol. The zero-order valence-corrected chi connectivity index (χ0v) is 12.6. The number of amides is 1. The highest BCUT2D eigenvalue weighted by atomic mass is 32.1. The number of thiazole rings is 1. The van der Waals surface area contributed by atoms with E-state index < -0.39 is 0 Å². The standard InChI is InChI=1S/C15H16FN3OS/c1-11-2-3-12(10-13(11)16)14(20)18-5-7-19(8-6-18)15-17-4-9-21-15/h2-4,9-10H,5-8H2,1H3. The van der Waals surface area contributed by atoms with Gasteiger partial charge in [0.05, 0.1) is 0 Å². The van der Waals surface area contributed by atoms with E-state index in [0.717, 1.165) is 18.2 Å². The van der Waals surface area contributed by atoms with Crippen molar-refractivity contribution in [3.05, 3.63) is 46.7 Å². The highest BCUT2D eigenvalue weighted by Gasteiger charge is 2.23. The smallest absolute Gasteiger partial charge is 0.254 e. The fraction of sp³-hybridized carbons (Fsp3) is 0.333. The minimum atomic E-state index is -0.331. The lowest BCUT2D eigenvalue weighted by Gasteiger charge is -2.34. The van der Waals surface area contributed by atoms with Crippen molar-refractivity contribution >= 4 is 22.4 Å². The quantitative estimate of drug-likeness (QED) is 0.855. The van der Waals surface area contributed by atoms with Crippen molar-refractivity contribution in [1.82, 2.24) is 9.88 Å². The van der Waals surface area contributed by atoms with Gasteiger partial charge in [-0.2, -0.15) is 0 Å². The molecule has 0 saturated carbocycles. The molecule has 1 aliphatic heterocycles. The molecule has 1 saturated heterocycles. The maximum absolute atomic E-state index is 13.6. The molecule has 6 heteroatoms. The molecule has 110 valence electrons. The second-order valence-corrected chi connectivity index (χ2v) is 5.93. The molecule has 21 heavy (non-hydrogen) atoms. The summed E-state index contributed by atoms with van der Waals surface area (Å²) in [4.78, 5) is 20.6. The van der Waals surface area contributed by atoms with Crippen LogP contribution in [0, 0.1) is 12.7 Å². The summed E-state index contributed by atoms with van der Waals surface area (Å²) in [7, 11) is 0. The first-order valence-corrected chi connectivity index (χ1v) is 7.73. The SMILES string of the molecule is Cc1ccc(C(=O)N2CCN(c3nccs3)CC2)cc1F. The van der Waals surface area contributed by atoms with E-state index in [1.54, 1.807) is 41.5 Å². The van der Waals surface area contributed by atoms with Crippen LogP contribution < -0.4 is 4.90 Å². The van der Waals surface area contributed by atoms with Gasteiger partial charge in [-0.3, -0.25) is 4.79 Å². The second kappa shape index (κ2) is 5.81. The van der Waals surface area contributed by atoms with Gasteiger partial charge in [-0.15, -0.1) is 11.3 Å². The van der Waals surface area contributed by atoms with E-state index in [2.05, 4.69) is 9.88 Å². The van der Waals surface area contributed by atoms with E-state index in [1.165, 1.54) is 6.07 Å². The van der Waals surface area contributed by atoms with Crippen LogP contribution in [0.1, 0.15) is 15.9 Å². The molecule has 0 spiro atoms. The molecular formula is C15H16FN3OS. The summed E-state index contributed by atoms with van der Waals surface area (Å²) in [6, 6.07) is 4.66. The number of carbonyl (C=O) groups is 1. The maximum Gasteiger partial charge on any atom is 0.254 e. The lowest BCUT2D eigenvalue weighted by atomic mass is 10.1. The van der Waals surface area contributed by atoms with Crippen molar-refractivity contribution in [3.63, 3.8) is 0 Å². The van der Waals surface area contributed by atoms with Gasteiger partial charge in [0.25, 0.3) is 5.91 Å². The number of aryl methyl sites for hydroxylation is 1. The molecular weight excluding hydrogens is 289 g/mol. The fourth-order valence-corrected chi connectivity index (χ4v) is 3.08. The zero-order chi connectivity index (χ0) is 14.8. The number of rotatable bonds is 2. The first kappa shape index (κ1) is 14.0. The third-order valence-corrected chi connectivity index (χ3v) is 4.51. The van der Waals surface area contributed by atoms with Gasteiger partial charge in [0.2, 0.25) is 0 Å². The average Bonchev–Trinajstić information content (AvgIpc) is 3.04. The minimum Gasteiger partial charge on any atom is -0.345 e. The predicted octanol–water partition coefficient (Wildman–Crippen LogP) is 2.55. The average molecular weight is 305 g/mol. The monoisotopic (exact) mass is 305 g/mol. The van der Waals surface area contributed by atoms with Crippen molar-refractivity contribution in [1.29, 1.82) is 0 Å². The first-order chi connectivity index (χ1) is 10.1. The number of nitrogens with zero attached hydrogens (tertiary/aromatic N) is 3. The highest BCUT2D eigenvalue weighted by molar-refractivity contribution is 7.13. The number of benzene rings is 1. The van der Waals surface area contributed by atoms with E-state index >= 15 is 0 Å². The summed E-state index contributed by atoms with van der Waals surface area (Å²) in [5.41, 5.74) is 0.973. The van der Waals surface area contributed by atoms with E-state index in [-0.39, 0.29) is 11.7 Å². The van der Waals surface area contributed by atoms with E-state index in [4.69, 9.17) is 0 Å². The van der Waals surface area contributed by atoms with Gasteiger partial charge >= 0.3 is 0 Å². The number of halogens is 1. The number of hydrogen-bond acceptors (Lipinski definition) is 4. The Morgan fingerprint density at radius 1 is 1.29 bits per heavy atom. The van der Waals surface area contributed by atoms with Gasteiger partial charge in [-0.25, -0.2) is 9.37 Å². The Kier molecular flexibility index (Phi) is 3.88. The normalized spacial score (nSPS) is 15.3. The Labute approximate surface area is 126 Å². The molecule has 1 aromatic carbocycles. The molecule has 2 aromatic rings. The van der Waals surface area contributed by atoms with Gasteiger partial charge < -0.3 is 9.80 Å². The van der Waals surface area contributed by atoms with Gasteiger partial charge in [0.15, 0.2) is 5.13 Å². The molecule has 4 nitrogen and oxygen atoms in total.